The minimum absolute atomic E-state index is 0.0950. The number of halogens is 6. The van der Waals surface area contributed by atoms with Crippen LogP contribution < -0.4 is 5.32 Å². The molecule has 1 aromatic rings. The van der Waals surface area contributed by atoms with Crippen LogP contribution in [0.1, 0.15) is 42.4 Å². The van der Waals surface area contributed by atoms with E-state index < -0.39 is 23.5 Å². The molecule has 26 heavy (non-hydrogen) atoms. The van der Waals surface area contributed by atoms with E-state index in [2.05, 4.69) is 5.32 Å². The second-order valence-corrected chi connectivity index (χ2v) is 6.91. The Morgan fingerprint density at radius 3 is 2.27 bits per heavy atom. The van der Waals surface area contributed by atoms with Gasteiger partial charge in [0.2, 0.25) is 5.91 Å². The van der Waals surface area contributed by atoms with Gasteiger partial charge in [0, 0.05) is 18.4 Å². The van der Waals surface area contributed by atoms with Gasteiger partial charge < -0.3 is 10.1 Å². The molecule has 2 aliphatic rings. The molecule has 9 heteroatoms. The smallest absolute Gasteiger partial charge is 0.373 e. The van der Waals surface area contributed by atoms with E-state index in [1.165, 1.54) is 0 Å². The summed E-state index contributed by atoms with van der Waals surface area (Å²) in [4.78, 5) is 11.7. The molecule has 0 radical (unpaired) electrons. The molecule has 3 rings (SSSR count). The van der Waals surface area contributed by atoms with Crippen molar-refractivity contribution in [3.05, 3.63) is 34.9 Å². The monoisotopic (exact) mass is 381 g/mol. The first-order valence-corrected chi connectivity index (χ1v) is 8.16. The second kappa shape index (κ2) is 6.44. The fourth-order valence-electron chi connectivity index (χ4n) is 3.43. The average molecular weight is 381 g/mol. The Kier molecular flexibility index (Phi) is 4.71. The van der Waals surface area contributed by atoms with Crippen molar-refractivity contribution >= 4 is 5.91 Å². The van der Waals surface area contributed by atoms with Gasteiger partial charge in [-0.1, -0.05) is 0 Å². The fourth-order valence-corrected chi connectivity index (χ4v) is 3.43. The van der Waals surface area contributed by atoms with E-state index in [4.69, 9.17) is 4.74 Å². The van der Waals surface area contributed by atoms with Crippen molar-refractivity contribution in [1.82, 2.24) is 5.32 Å². The molecule has 3 nitrogen and oxygen atoms in total. The van der Waals surface area contributed by atoms with Crippen molar-refractivity contribution in [1.29, 1.82) is 0 Å². The van der Waals surface area contributed by atoms with E-state index in [1.54, 1.807) is 0 Å². The molecule has 2 atom stereocenters. The van der Waals surface area contributed by atoms with Crippen LogP contribution in [-0.2, 0) is 28.5 Å². The van der Waals surface area contributed by atoms with E-state index in [1.807, 2.05) is 0 Å². The first kappa shape index (κ1) is 19.0. The summed E-state index contributed by atoms with van der Waals surface area (Å²) in [6, 6.07) is 1.44. The summed E-state index contributed by atoms with van der Waals surface area (Å²) in [5, 5.41) is 2.74. The third-order valence-electron chi connectivity index (χ3n) is 4.90. The lowest BCUT2D eigenvalue weighted by Crippen LogP contribution is -2.23. The average Bonchev–Trinajstić information content (AvgIpc) is 3.24. The van der Waals surface area contributed by atoms with Crippen LogP contribution >= 0.6 is 0 Å². The topological polar surface area (TPSA) is 38.3 Å². The zero-order valence-corrected chi connectivity index (χ0v) is 13.6. The lowest BCUT2D eigenvalue weighted by Gasteiger charge is -2.16. The highest BCUT2D eigenvalue weighted by Gasteiger charge is 2.56. The molecule has 1 N–H and O–H groups in total. The van der Waals surface area contributed by atoms with Crippen LogP contribution in [0.3, 0.4) is 0 Å². The number of ether oxygens (including phenoxy) is 1. The number of alkyl halides is 6. The Morgan fingerprint density at radius 2 is 1.69 bits per heavy atom. The van der Waals surface area contributed by atoms with Crippen LogP contribution in [-0.4, -0.2) is 18.6 Å². The predicted octanol–water partition coefficient (Wildman–Crippen LogP) is 4.30. The number of rotatable bonds is 3. The van der Waals surface area contributed by atoms with E-state index in [9.17, 15) is 31.1 Å². The molecule has 1 aliphatic carbocycles. The lowest BCUT2D eigenvalue weighted by molar-refractivity contribution is -0.143. The Balaban J connectivity index is 1.73. The zero-order chi connectivity index (χ0) is 19.2. The van der Waals surface area contributed by atoms with E-state index in [-0.39, 0.29) is 42.1 Å². The highest BCUT2D eigenvalue weighted by molar-refractivity contribution is 5.77. The molecule has 1 spiro atoms. The summed E-state index contributed by atoms with van der Waals surface area (Å²) in [5.41, 5.74) is -3.24. The Hall–Kier alpha value is -1.77. The van der Waals surface area contributed by atoms with Gasteiger partial charge in [0.15, 0.2) is 0 Å². The first-order chi connectivity index (χ1) is 12.0. The van der Waals surface area contributed by atoms with Crippen LogP contribution in [0.25, 0.3) is 0 Å². The molecule has 0 aromatic heterocycles. The molecule has 1 aromatic carbocycles. The summed E-state index contributed by atoms with van der Waals surface area (Å²) in [6.45, 7) is 0.205. The highest BCUT2D eigenvalue weighted by Crippen LogP contribution is 2.55. The third kappa shape index (κ3) is 4.13. The predicted molar refractivity (Wildman–Crippen MR) is 78.9 cm³/mol. The summed E-state index contributed by atoms with van der Waals surface area (Å²) in [6.07, 6.45) is -7.71. The standard InChI is InChI=1S/C17H17F6NO2/c18-16(19,20)11-4-10(5-12(6-11)17(21,22)23)9-26-13-7-15(13)2-1-3-24-14(25)8-15/h4-6,13H,1-3,7-9H2,(H,24,25)/t13-,15+/m1/s1. The summed E-state index contributed by atoms with van der Waals surface area (Å²) < 4.78 is 82.8. The Bertz CT molecular complexity index is 667. The number of hydrogen-bond acceptors (Lipinski definition) is 2. The van der Waals surface area contributed by atoms with E-state index >= 15 is 0 Å². The van der Waals surface area contributed by atoms with Crippen molar-refractivity contribution in [2.75, 3.05) is 6.54 Å². The van der Waals surface area contributed by atoms with Crippen LogP contribution in [0.5, 0.6) is 0 Å². The number of amides is 1. The highest BCUT2D eigenvalue weighted by atomic mass is 19.4. The van der Waals surface area contributed by atoms with Gasteiger partial charge in [-0.15, -0.1) is 0 Å². The molecule has 1 heterocycles. The van der Waals surface area contributed by atoms with Crippen molar-refractivity contribution in [2.45, 2.75) is 50.7 Å². The number of hydrogen-bond donors (Lipinski definition) is 1. The van der Waals surface area contributed by atoms with E-state index in [0.717, 1.165) is 12.8 Å². The molecule has 1 saturated carbocycles. The van der Waals surface area contributed by atoms with Gasteiger partial charge in [-0.3, -0.25) is 4.79 Å². The minimum Gasteiger partial charge on any atom is -0.373 e. The van der Waals surface area contributed by atoms with Crippen molar-refractivity contribution in [3.8, 4) is 0 Å². The Morgan fingerprint density at radius 1 is 1.08 bits per heavy atom. The molecule has 2 fully saturated rings. The number of nitrogens with one attached hydrogen (secondary N) is 1. The maximum Gasteiger partial charge on any atom is 0.416 e. The molecule has 0 unspecified atom stereocenters. The van der Waals surface area contributed by atoms with Gasteiger partial charge >= 0.3 is 12.4 Å². The summed E-state index contributed by atoms with van der Waals surface area (Å²) in [7, 11) is 0. The maximum absolute atomic E-state index is 12.9. The Labute approximate surface area is 145 Å². The lowest BCUT2D eigenvalue weighted by atomic mass is 9.97. The largest absolute Gasteiger partial charge is 0.416 e. The molecule has 1 saturated heterocycles. The molecule has 0 bridgehead atoms. The first-order valence-electron chi connectivity index (χ1n) is 8.16. The number of carbonyl (C=O) groups is 1. The van der Waals surface area contributed by atoms with Crippen molar-refractivity contribution in [2.24, 2.45) is 5.41 Å². The molecular weight excluding hydrogens is 364 g/mol. The second-order valence-electron chi connectivity index (χ2n) is 6.91. The normalized spacial score (nSPS) is 26.5. The third-order valence-corrected chi connectivity index (χ3v) is 4.90. The van der Waals surface area contributed by atoms with Crippen molar-refractivity contribution in [3.63, 3.8) is 0 Å². The summed E-state index contributed by atoms with van der Waals surface area (Å²) >= 11 is 0. The van der Waals surface area contributed by atoms with Gasteiger partial charge in [-0.25, -0.2) is 0 Å². The molecule has 1 amide bonds. The van der Waals surface area contributed by atoms with Gasteiger partial charge in [0.05, 0.1) is 23.8 Å². The maximum atomic E-state index is 12.9. The number of benzene rings is 1. The minimum atomic E-state index is -4.88. The van der Waals surface area contributed by atoms with Crippen LogP contribution in [0.4, 0.5) is 26.3 Å². The van der Waals surface area contributed by atoms with Gasteiger partial charge in [-0.05, 0) is 43.0 Å². The van der Waals surface area contributed by atoms with Crippen LogP contribution in [0.2, 0.25) is 0 Å². The quantitative estimate of drug-likeness (QED) is 0.793. The SMILES string of the molecule is O=C1C[C@]2(CCCN1)C[C@H]2OCc1cc(C(F)(F)F)cc(C(F)(F)F)c1. The molecule has 144 valence electrons. The number of carbonyl (C=O) groups excluding carboxylic acids is 1. The fraction of sp³-hybridized carbons (Fsp3) is 0.588. The van der Waals surface area contributed by atoms with Gasteiger partial charge in [0.1, 0.15) is 0 Å². The van der Waals surface area contributed by atoms with Crippen molar-refractivity contribution < 1.29 is 35.9 Å². The zero-order valence-electron chi connectivity index (χ0n) is 13.6. The van der Waals surface area contributed by atoms with Crippen LogP contribution in [0.15, 0.2) is 18.2 Å². The molecular formula is C17H17F6NO2. The van der Waals surface area contributed by atoms with E-state index in [0.29, 0.717) is 25.1 Å². The summed E-state index contributed by atoms with van der Waals surface area (Å²) in [5.74, 6) is -0.105. The molecule has 1 aliphatic heterocycles. The van der Waals surface area contributed by atoms with Gasteiger partial charge in [0.25, 0.3) is 0 Å². The van der Waals surface area contributed by atoms with Crippen LogP contribution in [0, 0.1) is 5.41 Å². The van der Waals surface area contributed by atoms with Gasteiger partial charge in [-0.2, -0.15) is 26.3 Å².